The van der Waals surface area contributed by atoms with Crippen molar-refractivity contribution in [3.05, 3.63) is 35.5 Å². The zero-order valence-corrected chi connectivity index (χ0v) is 14.6. The number of hydrogen-bond donors (Lipinski definition) is 2. The molecule has 1 aromatic carbocycles. The number of benzene rings is 1. The molecule has 0 unspecified atom stereocenters. The summed E-state index contributed by atoms with van der Waals surface area (Å²) in [6, 6.07) is 6.86. The summed E-state index contributed by atoms with van der Waals surface area (Å²) in [5.74, 6) is -0.556. The summed E-state index contributed by atoms with van der Waals surface area (Å²) in [6.45, 7) is 2.70. The van der Waals surface area contributed by atoms with Crippen LogP contribution in [0.2, 0.25) is 0 Å². The van der Waals surface area contributed by atoms with E-state index in [1.54, 1.807) is 30.3 Å². The highest BCUT2D eigenvalue weighted by Gasteiger charge is 2.18. The molecule has 0 aromatic heterocycles. The lowest BCUT2D eigenvalue weighted by molar-refractivity contribution is -0.131. The van der Waals surface area contributed by atoms with Crippen molar-refractivity contribution in [2.75, 3.05) is 0 Å². The Morgan fingerprint density at radius 1 is 1.04 bits per heavy atom. The van der Waals surface area contributed by atoms with E-state index >= 15 is 0 Å². The number of carbonyl (C=O) groups is 3. The third-order valence-corrected chi connectivity index (χ3v) is 3.95. The van der Waals surface area contributed by atoms with E-state index in [0.29, 0.717) is 5.75 Å². The fourth-order valence-electron chi connectivity index (χ4n) is 2.82. The van der Waals surface area contributed by atoms with Gasteiger partial charge in [-0.2, -0.15) is 0 Å². The minimum Gasteiger partial charge on any atom is -0.427 e. The van der Waals surface area contributed by atoms with Crippen LogP contribution < -0.4 is 15.4 Å². The average molecular weight is 344 g/mol. The van der Waals surface area contributed by atoms with Crippen molar-refractivity contribution in [1.29, 1.82) is 0 Å². The molecular formula is C19H24N2O4. The molecule has 1 aromatic rings. The molecule has 0 bridgehead atoms. The van der Waals surface area contributed by atoms with Crippen molar-refractivity contribution >= 4 is 23.9 Å². The molecule has 0 radical (unpaired) electrons. The summed E-state index contributed by atoms with van der Waals surface area (Å²) in [5.41, 5.74) is 0.928. The van der Waals surface area contributed by atoms with Gasteiger partial charge in [-0.1, -0.05) is 31.4 Å². The Hall–Kier alpha value is -2.63. The number of amides is 2. The number of ether oxygens (including phenoxy) is 1. The van der Waals surface area contributed by atoms with Crippen LogP contribution in [0.1, 0.15) is 51.5 Å². The predicted molar refractivity (Wildman–Crippen MR) is 94.6 cm³/mol. The zero-order valence-electron chi connectivity index (χ0n) is 14.6. The SMILES string of the molecule is CC(=O)N/C(=C\c1ccc(OC(C)=O)cc1)C(=O)NC1CCCCC1. The summed E-state index contributed by atoms with van der Waals surface area (Å²) >= 11 is 0. The molecule has 1 aliphatic rings. The first-order chi connectivity index (χ1) is 11.9. The van der Waals surface area contributed by atoms with Crippen molar-refractivity contribution in [3.63, 3.8) is 0 Å². The average Bonchev–Trinajstić information content (AvgIpc) is 2.56. The fraction of sp³-hybridized carbons (Fsp3) is 0.421. The third-order valence-electron chi connectivity index (χ3n) is 3.95. The van der Waals surface area contributed by atoms with Crippen LogP contribution in [0.4, 0.5) is 0 Å². The lowest BCUT2D eigenvalue weighted by Crippen LogP contribution is -2.40. The van der Waals surface area contributed by atoms with E-state index in [1.165, 1.54) is 20.3 Å². The lowest BCUT2D eigenvalue weighted by atomic mass is 9.95. The molecule has 1 fully saturated rings. The smallest absolute Gasteiger partial charge is 0.308 e. The van der Waals surface area contributed by atoms with Crippen molar-refractivity contribution in [2.24, 2.45) is 0 Å². The summed E-state index contributed by atoms with van der Waals surface area (Å²) in [6.07, 6.45) is 6.97. The number of esters is 1. The maximum absolute atomic E-state index is 12.5. The molecule has 0 atom stereocenters. The second kappa shape index (κ2) is 9.01. The van der Waals surface area contributed by atoms with E-state index in [1.807, 2.05) is 0 Å². The normalized spacial score (nSPS) is 15.4. The van der Waals surface area contributed by atoms with Crippen LogP contribution in [-0.2, 0) is 14.4 Å². The third kappa shape index (κ3) is 6.41. The maximum atomic E-state index is 12.5. The maximum Gasteiger partial charge on any atom is 0.308 e. The molecule has 0 saturated heterocycles. The summed E-state index contributed by atoms with van der Waals surface area (Å²) in [7, 11) is 0. The highest BCUT2D eigenvalue weighted by molar-refractivity contribution is 6.01. The molecular weight excluding hydrogens is 320 g/mol. The second-order valence-corrected chi connectivity index (χ2v) is 6.21. The van der Waals surface area contributed by atoms with E-state index in [0.717, 1.165) is 31.2 Å². The van der Waals surface area contributed by atoms with Gasteiger partial charge in [-0.05, 0) is 36.6 Å². The first-order valence-corrected chi connectivity index (χ1v) is 8.52. The van der Waals surface area contributed by atoms with Gasteiger partial charge in [0.05, 0.1) is 0 Å². The van der Waals surface area contributed by atoms with Gasteiger partial charge in [-0.3, -0.25) is 14.4 Å². The van der Waals surface area contributed by atoms with Gasteiger partial charge >= 0.3 is 5.97 Å². The monoisotopic (exact) mass is 344 g/mol. The van der Waals surface area contributed by atoms with Gasteiger partial charge in [0.25, 0.3) is 5.91 Å². The molecule has 0 aliphatic heterocycles. The number of hydrogen-bond acceptors (Lipinski definition) is 4. The largest absolute Gasteiger partial charge is 0.427 e. The first-order valence-electron chi connectivity index (χ1n) is 8.52. The summed E-state index contributed by atoms with van der Waals surface area (Å²) in [4.78, 5) is 34.9. The summed E-state index contributed by atoms with van der Waals surface area (Å²) in [5, 5.41) is 5.58. The lowest BCUT2D eigenvalue weighted by Gasteiger charge is -2.23. The molecule has 0 heterocycles. The van der Waals surface area contributed by atoms with E-state index in [4.69, 9.17) is 4.74 Å². The molecule has 2 amide bonds. The molecule has 134 valence electrons. The minimum absolute atomic E-state index is 0.157. The molecule has 6 heteroatoms. The van der Waals surface area contributed by atoms with Crippen molar-refractivity contribution in [3.8, 4) is 5.75 Å². The Morgan fingerprint density at radius 2 is 1.68 bits per heavy atom. The van der Waals surface area contributed by atoms with Gasteiger partial charge in [0.15, 0.2) is 0 Å². The van der Waals surface area contributed by atoms with Gasteiger partial charge < -0.3 is 15.4 Å². The molecule has 0 spiro atoms. The standard InChI is InChI=1S/C19H24N2O4/c1-13(22)20-18(19(24)21-16-6-4-3-5-7-16)12-15-8-10-17(11-9-15)25-14(2)23/h8-12,16H,3-7H2,1-2H3,(H,20,22)(H,21,24)/b18-12-. The number of rotatable bonds is 5. The van der Waals surface area contributed by atoms with Crippen molar-refractivity contribution in [1.82, 2.24) is 10.6 Å². The van der Waals surface area contributed by atoms with Gasteiger partial charge in [0.1, 0.15) is 11.4 Å². The Balaban J connectivity index is 2.11. The van der Waals surface area contributed by atoms with Gasteiger partial charge in [-0.15, -0.1) is 0 Å². The van der Waals surface area contributed by atoms with Crippen molar-refractivity contribution < 1.29 is 19.1 Å². The van der Waals surface area contributed by atoms with Crippen LogP contribution in [-0.4, -0.2) is 23.8 Å². The zero-order chi connectivity index (χ0) is 18.2. The molecule has 6 nitrogen and oxygen atoms in total. The van der Waals surface area contributed by atoms with E-state index in [-0.39, 0.29) is 23.6 Å². The predicted octanol–water partition coefficient (Wildman–Crippen LogP) is 2.54. The van der Waals surface area contributed by atoms with Gasteiger partial charge in [0, 0.05) is 19.9 Å². The Bertz CT molecular complexity index is 659. The number of nitrogens with one attached hydrogen (secondary N) is 2. The van der Waals surface area contributed by atoms with Crippen LogP contribution in [0.5, 0.6) is 5.75 Å². The molecule has 2 rings (SSSR count). The highest BCUT2D eigenvalue weighted by Crippen LogP contribution is 2.18. The van der Waals surface area contributed by atoms with Crippen molar-refractivity contribution in [2.45, 2.75) is 52.0 Å². The Kier molecular flexibility index (Phi) is 6.74. The quantitative estimate of drug-likeness (QED) is 0.488. The van der Waals surface area contributed by atoms with Crippen LogP contribution in [0.15, 0.2) is 30.0 Å². The van der Waals surface area contributed by atoms with E-state index < -0.39 is 5.97 Å². The second-order valence-electron chi connectivity index (χ2n) is 6.21. The Labute approximate surface area is 147 Å². The van der Waals surface area contributed by atoms with E-state index in [2.05, 4.69) is 10.6 Å². The van der Waals surface area contributed by atoms with Gasteiger partial charge in [-0.25, -0.2) is 0 Å². The fourth-order valence-corrected chi connectivity index (χ4v) is 2.82. The van der Waals surface area contributed by atoms with Crippen LogP contribution in [0, 0.1) is 0 Å². The van der Waals surface area contributed by atoms with Crippen LogP contribution >= 0.6 is 0 Å². The summed E-state index contributed by atoms with van der Waals surface area (Å²) < 4.78 is 4.98. The van der Waals surface area contributed by atoms with Crippen LogP contribution in [0.25, 0.3) is 6.08 Å². The minimum atomic E-state index is -0.394. The topological polar surface area (TPSA) is 84.5 Å². The Morgan fingerprint density at radius 3 is 2.24 bits per heavy atom. The van der Waals surface area contributed by atoms with Crippen LogP contribution in [0.3, 0.4) is 0 Å². The van der Waals surface area contributed by atoms with E-state index in [9.17, 15) is 14.4 Å². The first kappa shape index (κ1) is 18.7. The molecule has 1 aliphatic carbocycles. The molecule has 2 N–H and O–H groups in total. The molecule has 25 heavy (non-hydrogen) atoms. The molecule has 1 saturated carbocycles. The highest BCUT2D eigenvalue weighted by atomic mass is 16.5. The van der Waals surface area contributed by atoms with Gasteiger partial charge in [0.2, 0.25) is 5.91 Å². The number of carbonyl (C=O) groups excluding carboxylic acids is 3.